The molecule has 1 aliphatic heterocycles. The van der Waals surface area contributed by atoms with Crippen molar-refractivity contribution in [2.24, 2.45) is 0 Å². The van der Waals surface area contributed by atoms with Crippen LogP contribution in [0.5, 0.6) is 5.88 Å². The first kappa shape index (κ1) is 25.0. The molecule has 8 nitrogen and oxygen atoms in total. The zero-order chi connectivity index (χ0) is 25.1. The van der Waals surface area contributed by atoms with E-state index in [1.165, 1.54) is 12.0 Å². The standard InChI is InChI=1S/C24H21Cl3N4O4/c1-35-23-13(11-31(24(33)34)12-14-6-8-19(32)29-14)5-7-18(30-23)17-4-2-3-15(20(17)25)16-9-10-28-22(27)21(16)26/h2-5,7,9-10,14H,6,8,11-12H2,1H3,(H,29,32)(H,33,34)/t14-/m0/s1. The number of nitrogens with one attached hydrogen (secondary N) is 1. The summed E-state index contributed by atoms with van der Waals surface area (Å²) in [6.07, 6.45) is 1.45. The summed E-state index contributed by atoms with van der Waals surface area (Å²) in [5.41, 5.74) is 3.07. The molecule has 0 aliphatic carbocycles. The molecule has 3 aromatic rings. The number of hydrogen-bond acceptors (Lipinski definition) is 5. The van der Waals surface area contributed by atoms with E-state index in [2.05, 4.69) is 15.3 Å². The average molecular weight is 536 g/mol. The van der Waals surface area contributed by atoms with E-state index in [-0.39, 0.29) is 36.1 Å². The summed E-state index contributed by atoms with van der Waals surface area (Å²) in [7, 11) is 1.47. The van der Waals surface area contributed by atoms with Gasteiger partial charge in [-0.2, -0.15) is 0 Å². The lowest BCUT2D eigenvalue weighted by Gasteiger charge is -2.23. The number of benzene rings is 1. The minimum atomic E-state index is -1.10. The van der Waals surface area contributed by atoms with Crippen LogP contribution in [-0.2, 0) is 11.3 Å². The number of ether oxygens (including phenoxy) is 1. The number of carbonyl (C=O) groups is 2. The van der Waals surface area contributed by atoms with Gasteiger partial charge in [0.2, 0.25) is 11.8 Å². The monoisotopic (exact) mass is 534 g/mol. The highest BCUT2D eigenvalue weighted by Crippen LogP contribution is 2.40. The minimum Gasteiger partial charge on any atom is -0.481 e. The number of hydrogen-bond donors (Lipinski definition) is 2. The third-order valence-electron chi connectivity index (χ3n) is 5.70. The second kappa shape index (κ2) is 10.7. The average Bonchev–Trinajstić information content (AvgIpc) is 3.25. The Kier molecular flexibility index (Phi) is 7.64. The maximum Gasteiger partial charge on any atom is 0.407 e. The van der Waals surface area contributed by atoms with Gasteiger partial charge in [0, 0.05) is 47.5 Å². The Bertz CT molecular complexity index is 1290. The molecule has 1 saturated heterocycles. The summed E-state index contributed by atoms with van der Waals surface area (Å²) >= 11 is 19.2. The first-order chi connectivity index (χ1) is 16.8. The van der Waals surface area contributed by atoms with Gasteiger partial charge in [-0.1, -0.05) is 53.0 Å². The largest absolute Gasteiger partial charge is 0.481 e. The molecule has 2 amide bonds. The van der Waals surface area contributed by atoms with E-state index in [0.717, 1.165) is 0 Å². The van der Waals surface area contributed by atoms with Crippen LogP contribution in [-0.4, -0.2) is 51.7 Å². The van der Waals surface area contributed by atoms with Crippen molar-refractivity contribution in [1.82, 2.24) is 20.2 Å². The number of rotatable bonds is 7. The summed E-state index contributed by atoms with van der Waals surface area (Å²) in [6.45, 7) is 0.228. The van der Waals surface area contributed by atoms with Gasteiger partial charge in [0.1, 0.15) is 5.15 Å². The SMILES string of the molecule is COc1nc(-c2cccc(-c3ccnc(Cl)c3Cl)c2Cl)ccc1CN(C[C@@H]1CCC(=O)N1)C(=O)O. The Morgan fingerprint density at radius 1 is 1.14 bits per heavy atom. The summed E-state index contributed by atoms with van der Waals surface area (Å²) < 4.78 is 5.47. The number of aromatic nitrogens is 2. The minimum absolute atomic E-state index is 0.0526. The Morgan fingerprint density at radius 2 is 1.89 bits per heavy atom. The Balaban J connectivity index is 1.64. The van der Waals surface area contributed by atoms with Gasteiger partial charge in [-0.25, -0.2) is 14.8 Å². The molecule has 1 aliphatic rings. The topological polar surface area (TPSA) is 105 Å². The molecule has 1 aromatic carbocycles. The quantitative estimate of drug-likeness (QED) is 0.385. The molecule has 182 valence electrons. The summed E-state index contributed by atoms with van der Waals surface area (Å²) in [4.78, 5) is 33.1. The van der Waals surface area contributed by atoms with Crippen LogP contribution in [0.25, 0.3) is 22.4 Å². The molecule has 0 spiro atoms. The van der Waals surface area contributed by atoms with Crippen LogP contribution in [0.3, 0.4) is 0 Å². The number of pyridine rings is 2. The van der Waals surface area contributed by atoms with E-state index in [9.17, 15) is 14.7 Å². The zero-order valence-corrected chi connectivity index (χ0v) is 20.9. The predicted molar refractivity (Wildman–Crippen MR) is 134 cm³/mol. The van der Waals surface area contributed by atoms with Crippen LogP contribution in [0.15, 0.2) is 42.6 Å². The normalized spacial score (nSPS) is 15.1. The van der Waals surface area contributed by atoms with E-state index >= 15 is 0 Å². The van der Waals surface area contributed by atoms with E-state index in [4.69, 9.17) is 39.5 Å². The molecule has 0 bridgehead atoms. The van der Waals surface area contributed by atoms with Crippen molar-refractivity contribution in [3.63, 3.8) is 0 Å². The van der Waals surface area contributed by atoms with Crippen molar-refractivity contribution >= 4 is 46.8 Å². The van der Waals surface area contributed by atoms with Gasteiger partial charge in [0.25, 0.3) is 0 Å². The molecule has 1 atom stereocenters. The van der Waals surface area contributed by atoms with Gasteiger partial charge in [-0.15, -0.1) is 0 Å². The molecule has 2 aromatic heterocycles. The van der Waals surface area contributed by atoms with Gasteiger partial charge in [-0.3, -0.25) is 4.79 Å². The van der Waals surface area contributed by atoms with Gasteiger partial charge in [-0.05, 0) is 24.6 Å². The molecular formula is C24H21Cl3N4O4. The van der Waals surface area contributed by atoms with Crippen molar-refractivity contribution in [1.29, 1.82) is 0 Å². The molecule has 11 heteroatoms. The molecule has 1 fully saturated rings. The third-order valence-corrected chi connectivity index (χ3v) is 6.87. The molecule has 4 rings (SSSR count). The van der Waals surface area contributed by atoms with Crippen LogP contribution in [0.4, 0.5) is 4.79 Å². The highest BCUT2D eigenvalue weighted by Gasteiger charge is 2.26. The Labute approximate surface area is 216 Å². The third kappa shape index (κ3) is 5.45. The number of methoxy groups -OCH3 is 1. The first-order valence-electron chi connectivity index (χ1n) is 10.7. The van der Waals surface area contributed by atoms with Crippen molar-refractivity contribution < 1.29 is 19.4 Å². The Morgan fingerprint density at radius 3 is 2.57 bits per heavy atom. The second-order valence-corrected chi connectivity index (χ2v) is 9.08. The molecule has 2 N–H and O–H groups in total. The van der Waals surface area contributed by atoms with Crippen LogP contribution in [0, 0.1) is 0 Å². The smallest absolute Gasteiger partial charge is 0.407 e. The number of halogens is 3. The fourth-order valence-electron chi connectivity index (χ4n) is 3.98. The van der Waals surface area contributed by atoms with E-state index in [1.54, 1.807) is 24.4 Å². The first-order valence-corrected chi connectivity index (χ1v) is 11.8. The Hall–Kier alpha value is -3.07. The van der Waals surface area contributed by atoms with Crippen LogP contribution in [0.1, 0.15) is 18.4 Å². The van der Waals surface area contributed by atoms with Crippen molar-refractivity contribution in [3.8, 4) is 28.3 Å². The van der Waals surface area contributed by atoms with Gasteiger partial charge in [0.15, 0.2) is 0 Å². The van der Waals surface area contributed by atoms with Crippen LogP contribution in [0.2, 0.25) is 15.2 Å². The second-order valence-electron chi connectivity index (χ2n) is 7.96. The molecule has 0 radical (unpaired) electrons. The van der Waals surface area contributed by atoms with E-state index in [0.29, 0.717) is 50.8 Å². The van der Waals surface area contributed by atoms with Crippen molar-refractivity contribution in [3.05, 3.63) is 63.4 Å². The number of carbonyl (C=O) groups excluding carboxylic acids is 1. The number of amides is 2. The van der Waals surface area contributed by atoms with Gasteiger partial charge < -0.3 is 20.1 Å². The lowest BCUT2D eigenvalue weighted by molar-refractivity contribution is -0.119. The van der Waals surface area contributed by atoms with Crippen molar-refractivity contribution in [2.45, 2.75) is 25.4 Å². The lowest BCUT2D eigenvalue weighted by Crippen LogP contribution is -2.41. The molecule has 0 unspecified atom stereocenters. The molecular weight excluding hydrogens is 515 g/mol. The fraction of sp³-hybridized carbons (Fsp3) is 0.250. The maximum absolute atomic E-state index is 11.8. The van der Waals surface area contributed by atoms with Gasteiger partial charge >= 0.3 is 6.09 Å². The maximum atomic E-state index is 11.8. The van der Waals surface area contributed by atoms with Crippen LogP contribution >= 0.6 is 34.8 Å². The molecule has 0 saturated carbocycles. The summed E-state index contributed by atoms with van der Waals surface area (Å²) in [5, 5.41) is 13.4. The van der Waals surface area contributed by atoms with Crippen LogP contribution < -0.4 is 10.1 Å². The van der Waals surface area contributed by atoms with E-state index in [1.807, 2.05) is 18.2 Å². The highest BCUT2D eigenvalue weighted by atomic mass is 35.5. The molecule has 3 heterocycles. The lowest BCUT2D eigenvalue weighted by atomic mass is 10.0. The number of nitrogens with zero attached hydrogens (tertiary/aromatic N) is 3. The predicted octanol–water partition coefficient (Wildman–Crippen LogP) is 5.54. The summed E-state index contributed by atoms with van der Waals surface area (Å²) in [6, 6.07) is 10.5. The van der Waals surface area contributed by atoms with Crippen molar-refractivity contribution in [2.75, 3.05) is 13.7 Å². The summed E-state index contributed by atoms with van der Waals surface area (Å²) in [5.74, 6) is 0.203. The van der Waals surface area contributed by atoms with E-state index < -0.39 is 6.09 Å². The highest BCUT2D eigenvalue weighted by molar-refractivity contribution is 6.43. The number of carboxylic acid groups (broad SMARTS) is 1. The van der Waals surface area contributed by atoms with Gasteiger partial charge in [0.05, 0.1) is 29.4 Å². The zero-order valence-electron chi connectivity index (χ0n) is 18.6. The molecule has 35 heavy (non-hydrogen) atoms. The fourth-order valence-corrected chi connectivity index (χ4v) is 4.67.